The summed E-state index contributed by atoms with van der Waals surface area (Å²) in [6.45, 7) is 2.91. The van der Waals surface area contributed by atoms with Crippen LogP contribution in [0.25, 0.3) is 11.0 Å². The van der Waals surface area contributed by atoms with Crippen molar-refractivity contribution < 1.29 is 0 Å². The summed E-state index contributed by atoms with van der Waals surface area (Å²) in [5.74, 6) is 1.05. The Morgan fingerprint density at radius 2 is 2.15 bits per heavy atom. The van der Waals surface area contributed by atoms with Crippen molar-refractivity contribution in [1.82, 2.24) is 19.9 Å². The van der Waals surface area contributed by atoms with Crippen LogP contribution in [0.5, 0.6) is 0 Å². The summed E-state index contributed by atoms with van der Waals surface area (Å²) < 4.78 is 0. The van der Waals surface area contributed by atoms with Gasteiger partial charge in [-0.05, 0) is 49.8 Å². The number of fused-ring (bicyclic) bond motifs is 2. The maximum atomic E-state index is 5.98. The molecule has 6 rings (SSSR count). The van der Waals surface area contributed by atoms with E-state index < -0.39 is 0 Å². The van der Waals surface area contributed by atoms with Crippen LogP contribution in [0, 0.1) is 0 Å². The molecule has 0 atom stereocenters. The largest absolute Gasteiger partial charge is 0.352 e. The molecule has 3 aromatic rings. The summed E-state index contributed by atoms with van der Waals surface area (Å²) in [5.41, 5.74) is 2.64. The highest BCUT2D eigenvalue weighted by Crippen LogP contribution is 2.47. The fourth-order valence-electron chi connectivity index (χ4n) is 4.73. The van der Waals surface area contributed by atoms with Crippen molar-refractivity contribution in [2.75, 3.05) is 24.5 Å². The lowest BCUT2D eigenvalue weighted by Gasteiger charge is -2.44. The van der Waals surface area contributed by atoms with Gasteiger partial charge in [-0.15, -0.1) is 11.3 Å². The summed E-state index contributed by atoms with van der Waals surface area (Å²) in [7, 11) is 0. The van der Waals surface area contributed by atoms with Crippen molar-refractivity contribution in [3.63, 3.8) is 0 Å². The molecule has 138 valence electrons. The highest BCUT2D eigenvalue weighted by Gasteiger charge is 2.52. The number of aromatic amines is 1. The smallest absolute Gasteiger partial charge is 0.142 e. The van der Waals surface area contributed by atoms with Crippen LogP contribution >= 0.6 is 23.6 Å². The third-order valence-electron chi connectivity index (χ3n) is 6.31. The first-order valence-corrected chi connectivity index (χ1v) is 10.9. The number of aromatic nitrogens is 3. The van der Waals surface area contributed by atoms with Gasteiger partial charge in [0.2, 0.25) is 0 Å². The molecule has 1 saturated heterocycles. The molecule has 3 aliphatic rings. The van der Waals surface area contributed by atoms with Gasteiger partial charge >= 0.3 is 0 Å². The molecular formula is C20H21N5S2. The molecule has 4 heterocycles. The number of hydrogen-bond donors (Lipinski definition) is 1. The van der Waals surface area contributed by atoms with E-state index in [0.717, 1.165) is 41.5 Å². The molecule has 0 bridgehead atoms. The number of H-pyrrole nitrogens is 1. The van der Waals surface area contributed by atoms with Crippen molar-refractivity contribution in [1.29, 1.82) is 0 Å². The van der Waals surface area contributed by atoms with Crippen LogP contribution in [0.2, 0.25) is 0 Å². The summed E-state index contributed by atoms with van der Waals surface area (Å²) in [4.78, 5) is 21.0. The van der Waals surface area contributed by atoms with Crippen molar-refractivity contribution in [3.8, 4) is 0 Å². The number of aryl methyl sites for hydroxylation is 2. The number of anilines is 1. The lowest BCUT2D eigenvalue weighted by molar-refractivity contribution is 0.264. The minimum absolute atomic E-state index is 0.192. The van der Waals surface area contributed by atoms with Crippen LogP contribution in [0.3, 0.4) is 0 Å². The van der Waals surface area contributed by atoms with Crippen molar-refractivity contribution >= 4 is 45.4 Å². The van der Waals surface area contributed by atoms with Crippen molar-refractivity contribution in [3.05, 3.63) is 40.0 Å². The first-order chi connectivity index (χ1) is 13.2. The number of thiophene rings is 1. The molecule has 0 unspecified atom stereocenters. The second-order valence-corrected chi connectivity index (χ2v) is 9.48. The van der Waals surface area contributed by atoms with Gasteiger partial charge in [0.15, 0.2) is 0 Å². The van der Waals surface area contributed by atoms with Crippen LogP contribution in [-0.4, -0.2) is 50.0 Å². The van der Waals surface area contributed by atoms with Gasteiger partial charge in [-0.25, -0.2) is 9.97 Å². The predicted molar refractivity (Wildman–Crippen MR) is 113 cm³/mol. The summed E-state index contributed by atoms with van der Waals surface area (Å²) in [6, 6.07) is 4.44. The monoisotopic (exact) mass is 395 g/mol. The van der Waals surface area contributed by atoms with Crippen LogP contribution < -0.4 is 4.90 Å². The van der Waals surface area contributed by atoms with E-state index in [1.54, 1.807) is 11.2 Å². The molecule has 0 aromatic carbocycles. The molecular weight excluding hydrogens is 374 g/mol. The van der Waals surface area contributed by atoms with E-state index in [2.05, 4.69) is 36.9 Å². The van der Waals surface area contributed by atoms with Crippen LogP contribution in [-0.2, 0) is 12.8 Å². The number of piperazine rings is 1. The Bertz CT molecular complexity index is 1030. The van der Waals surface area contributed by atoms with Gasteiger partial charge in [-0.1, -0.05) is 12.2 Å². The van der Waals surface area contributed by atoms with Gasteiger partial charge in [0.1, 0.15) is 22.8 Å². The second kappa shape index (κ2) is 5.75. The topological polar surface area (TPSA) is 48.1 Å². The summed E-state index contributed by atoms with van der Waals surface area (Å²) >= 11 is 7.91. The van der Waals surface area contributed by atoms with E-state index in [-0.39, 0.29) is 5.54 Å². The highest BCUT2D eigenvalue weighted by atomic mass is 32.1. The molecule has 5 nitrogen and oxygen atoms in total. The van der Waals surface area contributed by atoms with E-state index in [4.69, 9.17) is 12.2 Å². The minimum atomic E-state index is 0.192. The fraction of sp³-hybridized carbons (Fsp3) is 0.450. The van der Waals surface area contributed by atoms with Gasteiger partial charge in [-0.3, -0.25) is 0 Å². The maximum absolute atomic E-state index is 5.98. The summed E-state index contributed by atoms with van der Waals surface area (Å²) in [5, 5.41) is 1.11. The number of nitrogens with zero attached hydrogens (tertiary/aromatic N) is 4. The van der Waals surface area contributed by atoms with Gasteiger partial charge in [0, 0.05) is 30.7 Å². The van der Waals surface area contributed by atoms with Gasteiger partial charge in [0.05, 0.1) is 15.8 Å². The van der Waals surface area contributed by atoms with E-state index in [9.17, 15) is 0 Å². The Balaban J connectivity index is 1.28. The first-order valence-electron chi connectivity index (χ1n) is 9.70. The molecule has 0 radical (unpaired) electrons. The lowest BCUT2D eigenvalue weighted by Crippen LogP contribution is -2.57. The molecule has 0 amide bonds. The van der Waals surface area contributed by atoms with Crippen LogP contribution in [0.4, 0.5) is 5.82 Å². The Kier molecular flexibility index (Phi) is 3.41. The van der Waals surface area contributed by atoms with Crippen LogP contribution in [0.15, 0.2) is 24.7 Å². The lowest BCUT2D eigenvalue weighted by atomic mass is 10.1. The maximum Gasteiger partial charge on any atom is 0.142 e. The van der Waals surface area contributed by atoms with Gasteiger partial charge < -0.3 is 14.8 Å². The Hall–Kier alpha value is -1.99. The van der Waals surface area contributed by atoms with Gasteiger partial charge in [0.25, 0.3) is 0 Å². The zero-order valence-electron chi connectivity index (χ0n) is 15.1. The second-order valence-electron chi connectivity index (χ2n) is 7.95. The van der Waals surface area contributed by atoms with E-state index in [1.807, 2.05) is 17.5 Å². The molecule has 7 heteroatoms. The third kappa shape index (κ3) is 2.44. The highest BCUT2D eigenvalue weighted by molar-refractivity contribution is 7.81. The first kappa shape index (κ1) is 16.0. The molecule has 1 N–H and O–H groups in total. The Labute approximate surface area is 167 Å². The zero-order chi connectivity index (χ0) is 18.0. The number of nitrogens with one attached hydrogen (secondary N) is 1. The van der Waals surface area contributed by atoms with E-state index >= 15 is 0 Å². The molecule has 2 fully saturated rings. The molecule has 27 heavy (non-hydrogen) atoms. The van der Waals surface area contributed by atoms with Crippen molar-refractivity contribution in [2.24, 2.45) is 0 Å². The normalized spacial score (nSPS) is 20.4. The fourth-order valence-corrected chi connectivity index (χ4v) is 6.40. The average Bonchev–Trinajstić information content (AvgIpc) is 3.09. The molecule has 1 aliphatic heterocycles. The quantitative estimate of drug-likeness (QED) is 0.673. The standard InChI is InChI=1S/C20H21N5S2/c26-19(16-10-13-2-1-3-15(13)27-16)25-9-8-24(11-20(25)5-6-20)18-14-4-7-21-17(14)22-12-23-18/h4,7,10,12H,1-3,5-6,8-9,11H2,(H,21,22,23). The average molecular weight is 396 g/mol. The van der Waals surface area contributed by atoms with Crippen LogP contribution in [0.1, 0.15) is 34.6 Å². The predicted octanol–water partition coefficient (Wildman–Crippen LogP) is 3.54. The minimum Gasteiger partial charge on any atom is -0.352 e. The summed E-state index contributed by atoms with van der Waals surface area (Å²) in [6.07, 6.45) is 9.82. The SMILES string of the molecule is S=C(c1cc2c(s1)CCC2)N1CCN(c2ncnc3[nH]ccc23)CC12CC2. The Morgan fingerprint density at radius 3 is 3.00 bits per heavy atom. The zero-order valence-corrected chi connectivity index (χ0v) is 16.7. The van der Waals surface area contributed by atoms with Crippen molar-refractivity contribution in [2.45, 2.75) is 37.6 Å². The van der Waals surface area contributed by atoms with Gasteiger partial charge in [-0.2, -0.15) is 0 Å². The molecule has 2 aliphatic carbocycles. The molecule has 3 aromatic heterocycles. The molecule has 1 spiro atoms. The number of hydrogen-bond acceptors (Lipinski definition) is 5. The number of thiocarbonyl (C=S) groups is 1. The van der Waals surface area contributed by atoms with E-state index in [1.165, 1.54) is 42.5 Å². The number of rotatable bonds is 2. The molecule has 1 saturated carbocycles. The Morgan fingerprint density at radius 1 is 1.22 bits per heavy atom. The third-order valence-corrected chi connectivity index (χ3v) is 8.13. The van der Waals surface area contributed by atoms with E-state index in [0.29, 0.717) is 0 Å².